The van der Waals surface area contributed by atoms with Crippen molar-refractivity contribution in [2.45, 2.75) is 170 Å². The molecule has 5 aliphatic rings. The molecular formula is C44H72N2O6. The first-order valence-electron chi connectivity index (χ1n) is 21.5. The van der Waals surface area contributed by atoms with Crippen molar-refractivity contribution in [2.24, 2.45) is 46.3 Å². The van der Waals surface area contributed by atoms with Gasteiger partial charge < -0.3 is 14.4 Å². The zero-order valence-corrected chi connectivity index (χ0v) is 33.7. The van der Waals surface area contributed by atoms with E-state index in [0.717, 1.165) is 68.1 Å². The lowest BCUT2D eigenvalue weighted by Gasteiger charge is -2.58. The molecule has 294 valence electrons. The van der Waals surface area contributed by atoms with Crippen LogP contribution in [0, 0.1) is 46.3 Å². The summed E-state index contributed by atoms with van der Waals surface area (Å²) in [4.78, 5) is 54.7. The number of carbonyl (C=O) groups excluding carboxylic acids is 4. The Kier molecular flexibility index (Phi) is 14.4. The van der Waals surface area contributed by atoms with Gasteiger partial charge in [0.25, 0.3) is 0 Å². The molecule has 1 saturated heterocycles. The lowest BCUT2D eigenvalue weighted by Crippen LogP contribution is -2.51. The summed E-state index contributed by atoms with van der Waals surface area (Å²) < 4.78 is 11.7. The molecular weight excluding hydrogens is 652 g/mol. The average molecular weight is 725 g/mol. The molecule has 0 N–H and O–H groups in total. The highest BCUT2D eigenvalue weighted by Gasteiger charge is 2.59. The number of cyclic esters (lactones) is 1. The molecule has 8 heteroatoms. The fourth-order valence-electron chi connectivity index (χ4n) is 11.5. The van der Waals surface area contributed by atoms with E-state index in [2.05, 4.69) is 40.7 Å². The number of nitrogens with zero attached hydrogens (tertiary/aromatic N) is 2. The van der Waals surface area contributed by atoms with E-state index >= 15 is 0 Å². The van der Waals surface area contributed by atoms with E-state index in [-0.39, 0.29) is 49.5 Å². The number of unbranched alkanes of at least 4 members (excludes halogenated alkanes) is 1. The summed E-state index contributed by atoms with van der Waals surface area (Å²) in [6.45, 7) is 14.9. The molecule has 4 aliphatic carbocycles. The van der Waals surface area contributed by atoms with Crippen LogP contribution in [0.4, 0.5) is 4.79 Å². The number of ether oxygens (including phenoxy) is 2. The third-order valence-electron chi connectivity index (χ3n) is 14.6. The zero-order valence-electron chi connectivity index (χ0n) is 33.7. The highest BCUT2D eigenvalue weighted by molar-refractivity contribution is 5.86. The minimum absolute atomic E-state index is 0.00873. The Hall–Kier alpha value is -2.38. The summed E-state index contributed by atoms with van der Waals surface area (Å²) in [6, 6.07) is 0. The van der Waals surface area contributed by atoms with Gasteiger partial charge in [-0.3, -0.25) is 19.3 Å². The van der Waals surface area contributed by atoms with Crippen LogP contribution >= 0.6 is 0 Å². The Morgan fingerprint density at radius 3 is 2.52 bits per heavy atom. The Bertz CT molecular complexity index is 1280. The first kappa shape index (κ1) is 40.8. The van der Waals surface area contributed by atoms with Crippen LogP contribution in [0.3, 0.4) is 0 Å². The molecule has 4 unspecified atom stereocenters. The number of carbonyl (C=O) groups is 4. The lowest BCUT2D eigenvalue weighted by molar-refractivity contribution is -0.149. The Morgan fingerprint density at radius 2 is 1.75 bits per heavy atom. The predicted molar refractivity (Wildman–Crippen MR) is 205 cm³/mol. The molecule has 0 spiro atoms. The van der Waals surface area contributed by atoms with Crippen molar-refractivity contribution in [1.82, 2.24) is 9.80 Å². The summed E-state index contributed by atoms with van der Waals surface area (Å²) >= 11 is 0. The minimum atomic E-state index is -0.482. The quantitative estimate of drug-likeness (QED) is 0.156. The molecule has 8 atom stereocenters. The smallest absolute Gasteiger partial charge is 0.412 e. The fourth-order valence-corrected chi connectivity index (χ4v) is 11.5. The molecule has 1 heterocycles. The topological polar surface area (TPSA) is 93.2 Å². The number of fused-ring (bicyclic) bond motifs is 5. The fraction of sp³-hybridized carbons (Fsp3) is 0.864. The number of amides is 2. The maximum absolute atomic E-state index is 13.6. The lowest BCUT2D eigenvalue weighted by atomic mass is 9.47. The number of Topliss-reactive ketones (excluding diaryl/α,β-unsaturated/α-hetero) is 1. The van der Waals surface area contributed by atoms with Gasteiger partial charge in [-0.2, -0.15) is 0 Å². The zero-order chi connectivity index (χ0) is 37.5. The van der Waals surface area contributed by atoms with E-state index in [1.807, 2.05) is 6.92 Å². The van der Waals surface area contributed by atoms with Crippen LogP contribution in [-0.2, 0) is 23.9 Å². The second-order valence-corrected chi connectivity index (χ2v) is 18.5. The highest BCUT2D eigenvalue weighted by Crippen LogP contribution is 2.67. The molecule has 1 aliphatic heterocycles. The molecule has 8 nitrogen and oxygen atoms in total. The first-order valence-corrected chi connectivity index (χ1v) is 21.5. The van der Waals surface area contributed by atoms with Gasteiger partial charge in [0.15, 0.2) is 12.5 Å². The number of esters is 1. The van der Waals surface area contributed by atoms with Crippen LogP contribution in [0.1, 0.15) is 164 Å². The van der Waals surface area contributed by atoms with Crippen LogP contribution in [0.5, 0.6) is 0 Å². The summed E-state index contributed by atoms with van der Waals surface area (Å²) in [6.07, 6.45) is 20.0. The maximum Gasteiger partial charge on any atom is 0.412 e. The Labute approximate surface area is 315 Å². The predicted octanol–water partition coefficient (Wildman–Crippen LogP) is 9.89. The SMILES string of the molecule is CCCCC(=O)CN1CCC(=O)OCN(C(=O)O[C@H]2CC[C@@]3(C)C(=CCC4C3CC[C@@]3(C)C4CC[C@@H]3C(C)CCCC(C)C)C2)CCCCCC1=O. The monoisotopic (exact) mass is 725 g/mol. The molecule has 4 fully saturated rings. The second kappa shape index (κ2) is 18.3. The minimum Gasteiger partial charge on any atom is -0.446 e. The van der Waals surface area contributed by atoms with Crippen LogP contribution in [-0.4, -0.2) is 66.0 Å². The van der Waals surface area contributed by atoms with Crippen molar-refractivity contribution in [3.63, 3.8) is 0 Å². The number of allylic oxidation sites excluding steroid dienone is 1. The van der Waals surface area contributed by atoms with Crippen LogP contribution in [0.2, 0.25) is 0 Å². The first-order chi connectivity index (χ1) is 24.9. The van der Waals surface area contributed by atoms with Crippen molar-refractivity contribution >= 4 is 23.8 Å². The van der Waals surface area contributed by atoms with Crippen molar-refractivity contribution in [2.75, 3.05) is 26.4 Å². The normalized spacial score (nSPS) is 33.8. The van der Waals surface area contributed by atoms with Gasteiger partial charge in [0.2, 0.25) is 5.91 Å². The third kappa shape index (κ3) is 9.64. The van der Waals surface area contributed by atoms with Gasteiger partial charge in [-0.05, 0) is 111 Å². The maximum atomic E-state index is 13.6. The average Bonchev–Trinajstić information content (AvgIpc) is 3.47. The molecule has 0 aromatic carbocycles. The Morgan fingerprint density at radius 1 is 0.942 bits per heavy atom. The number of rotatable bonds is 11. The molecule has 2 amide bonds. The number of hydrogen-bond acceptors (Lipinski definition) is 6. The van der Waals surface area contributed by atoms with Crippen LogP contribution < -0.4 is 0 Å². The van der Waals surface area contributed by atoms with Gasteiger partial charge in [-0.25, -0.2) is 4.79 Å². The van der Waals surface area contributed by atoms with E-state index in [1.54, 1.807) is 0 Å². The van der Waals surface area contributed by atoms with Gasteiger partial charge in [0, 0.05) is 32.4 Å². The van der Waals surface area contributed by atoms with Crippen LogP contribution in [0.25, 0.3) is 0 Å². The van der Waals surface area contributed by atoms with Gasteiger partial charge in [-0.1, -0.05) is 85.3 Å². The van der Waals surface area contributed by atoms with Gasteiger partial charge in [0.05, 0.1) is 13.0 Å². The summed E-state index contributed by atoms with van der Waals surface area (Å²) in [5.41, 5.74) is 2.15. The Balaban J connectivity index is 1.15. The molecule has 0 aromatic heterocycles. The van der Waals surface area contributed by atoms with Crippen molar-refractivity contribution < 1.29 is 28.7 Å². The highest BCUT2D eigenvalue weighted by atomic mass is 16.6. The van der Waals surface area contributed by atoms with E-state index in [1.165, 1.54) is 66.7 Å². The summed E-state index contributed by atoms with van der Waals surface area (Å²) in [7, 11) is 0. The molecule has 0 bridgehead atoms. The number of hydrogen-bond donors (Lipinski definition) is 0. The molecule has 0 radical (unpaired) electrons. The van der Waals surface area contributed by atoms with E-state index in [0.29, 0.717) is 43.6 Å². The van der Waals surface area contributed by atoms with Gasteiger partial charge in [0.1, 0.15) is 6.10 Å². The molecule has 3 saturated carbocycles. The molecule has 5 rings (SSSR count). The molecule has 52 heavy (non-hydrogen) atoms. The number of ketones is 1. The van der Waals surface area contributed by atoms with Crippen molar-refractivity contribution in [3.8, 4) is 0 Å². The van der Waals surface area contributed by atoms with Crippen LogP contribution in [0.15, 0.2) is 11.6 Å². The van der Waals surface area contributed by atoms with Crippen molar-refractivity contribution in [1.29, 1.82) is 0 Å². The molecule has 0 aromatic rings. The largest absolute Gasteiger partial charge is 0.446 e. The second-order valence-electron chi connectivity index (χ2n) is 18.5. The van der Waals surface area contributed by atoms with E-state index in [4.69, 9.17) is 9.47 Å². The third-order valence-corrected chi connectivity index (χ3v) is 14.6. The van der Waals surface area contributed by atoms with Gasteiger partial charge >= 0.3 is 12.1 Å². The standard InChI is InChI=1S/C44H72N2O6/c1-7-8-15-34(47)29-45-27-23-41(49)51-30-46(26-11-9-10-16-40(45)48)42(50)52-35-21-24-43(5)33(28-35)17-18-36-38-20-19-37(32(4)14-12-13-31(2)3)44(38,6)25-22-39(36)43/h17,31-32,35-39H,7-16,18-30H2,1-6H3/t32?,35-,36?,37+,38?,39?,43-,44+/m0/s1. The van der Waals surface area contributed by atoms with Crippen molar-refractivity contribution in [3.05, 3.63) is 11.6 Å². The van der Waals surface area contributed by atoms with E-state index < -0.39 is 12.1 Å². The van der Waals surface area contributed by atoms with Gasteiger partial charge in [-0.15, -0.1) is 0 Å². The summed E-state index contributed by atoms with van der Waals surface area (Å²) in [5, 5.41) is 0. The van der Waals surface area contributed by atoms with E-state index in [9.17, 15) is 19.2 Å². The summed E-state index contributed by atoms with van der Waals surface area (Å²) in [5.74, 6) is 4.22.